The summed E-state index contributed by atoms with van der Waals surface area (Å²) in [6, 6.07) is 19.6. The Morgan fingerprint density at radius 2 is 1.92 bits per heavy atom. The van der Waals surface area contributed by atoms with Crippen LogP contribution >= 0.6 is 0 Å². The smallest absolute Gasteiger partial charge is 0.254 e. The second-order valence-corrected chi connectivity index (χ2v) is 10.0. The van der Waals surface area contributed by atoms with Crippen LogP contribution in [0.25, 0.3) is 11.3 Å². The summed E-state index contributed by atoms with van der Waals surface area (Å²) in [6.45, 7) is 3.04. The molecule has 2 N–H and O–H groups in total. The summed E-state index contributed by atoms with van der Waals surface area (Å²) < 4.78 is 6.32. The zero-order valence-corrected chi connectivity index (χ0v) is 20.5. The number of nitrogens with zero attached hydrogens (tertiary/aromatic N) is 3. The van der Waals surface area contributed by atoms with Crippen LogP contribution < -0.4 is 10.1 Å². The van der Waals surface area contributed by atoms with Crippen LogP contribution in [0.15, 0.2) is 66.9 Å². The number of hydrogen-bond acceptors (Lipinski definition) is 6. The van der Waals surface area contributed by atoms with Gasteiger partial charge in [0, 0.05) is 49.9 Å². The fourth-order valence-electron chi connectivity index (χ4n) is 5.58. The van der Waals surface area contributed by atoms with Gasteiger partial charge in [-0.3, -0.25) is 19.5 Å². The second-order valence-electron chi connectivity index (χ2n) is 10.0. The molecule has 3 aromatic rings. The highest BCUT2D eigenvalue weighted by molar-refractivity contribution is 5.99. The monoisotopic (exact) mass is 498 g/mol. The van der Waals surface area contributed by atoms with Crippen LogP contribution in [0.2, 0.25) is 0 Å². The Kier molecular flexibility index (Phi) is 6.36. The molecule has 2 fully saturated rings. The molecule has 6 rings (SSSR count). The van der Waals surface area contributed by atoms with Crippen molar-refractivity contribution in [2.45, 2.75) is 50.7 Å². The lowest BCUT2D eigenvalue weighted by molar-refractivity contribution is -0.129. The molecule has 190 valence electrons. The number of aliphatic hydroxyl groups excluding tert-OH is 1. The molecule has 3 aliphatic heterocycles. The molecule has 0 saturated carbocycles. The van der Waals surface area contributed by atoms with E-state index in [0.29, 0.717) is 24.9 Å². The van der Waals surface area contributed by atoms with Crippen molar-refractivity contribution in [2.24, 2.45) is 0 Å². The first kappa shape index (κ1) is 23.6. The number of nitrogens with one attached hydrogen (secondary N) is 1. The summed E-state index contributed by atoms with van der Waals surface area (Å²) in [5, 5.41) is 12.8. The standard InChI is InChI=1S/C29H30N4O4/c34-27-9-8-26(28(35)31-27)33-17-21-15-22(6-7-24(21)29(33)36)37-23-11-13-32(18-23)16-19-10-12-30-25(14-19)20-4-2-1-3-5-20/h1-7,10,12,14-15,23,26,28,35H,8-9,11,13,16-18H2,(H,31,34)/t23-,26?,28?/m0/s1. The fourth-order valence-corrected chi connectivity index (χ4v) is 5.58. The topological polar surface area (TPSA) is 95.0 Å². The van der Waals surface area contributed by atoms with Crippen LogP contribution in [-0.4, -0.2) is 63.2 Å². The third-order valence-corrected chi connectivity index (χ3v) is 7.48. The number of likely N-dealkylation sites (tertiary alicyclic amines) is 1. The van der Waals surface area contributed by atoms with E-state index < -0.39 is 12.3 Å². The number of pyridine rings is 1. The van der Waals surface area contributed by atoms with E-state index in [2.05, 4.69) is 39.5 Å². The number of benzene rings is 2. The first-order valence-corrected chi connectivity index (χ1v) is 12.8. The highest BCUT2D eigenvalue weighted by atomic mass is 16.5. The minimum absolute atomic E-state index is 0.0806. The summed E-state index contributed by atoms with van der Waals surface area (Å²) in [5.41, 5.74) is 4.85. The van der Waals surface area contributed by atoms with Crippen molar-refractivity contribution >= 4 is 11.8 Å². The molecule has 0 bridgehead atoms. The quantitative estimate of drug-likeness (QED) is 0.543. The van der Waals surface area contributed by atoms with Crippen molar-refractivity contribution in [3.05, 3.63) is 83.6 Å². The first-order chi connectivity index (χ1) is 18.0. The molecule has 8 heteroatoms. The number of hydrogen-bond donors (Lipinski definition) is 2. The van der Waals surface area contributed by atoms with E-state index >= 15 is 0 Å². The number of rotatable bonds is 6. The van der Waals surface area contributed by atoms with Gasteiger partial charge in [0.1, 0.15) is 18.1 Å². The van der Waals surface area contributed by atoms with Crippen LogP contribution in [0.4, 0.5) is 0 Å². The lowest BCUT2D eigenvalue weighted by atomic mass is 10.0. The van der Waals surface area contributed by atoms with Gasteiger partial charge < -0.3 is 20.1 Å². The Hall–Kier alpha value is -3.75. The molecule has 1 aromatic heterocycles. The summed E-state index contributed by atoms with van der Waals surface area (Å²) in [4.78, 5) is 33.1. The third-order valence-electron chi connectivity index (χ3n) is 7.48. The Morgan fingerprint density at radius 3 is 2.76 bits per heavy atom. The van der Waals surface area contributed by atoms with E-state index in [-0.39, 0.29) is 17.9 Å². The zero-order valence-electron chi connectivity index (χ0n) is 20.5. The largest absolute Gasteiger partial charge is 0.489 e. The highest BCUT2D eigenvalue weighted by Gasteiger charge is 2.39. The van der Waals surface area contributed by atoms with Crippen molar-refractivity contribution in [1.29, 1.82) is 0 Å². The van der Waals surface area contributed by atoms with Crippen LogP contribution in [0.5, 0.6) is 5.75 Å². The van der Waals surface area contributed by atoms with E-state index in [4.69, 9.17) is 4.74 Å². The van der Waals surface area contributed by atoms with E-state index in [1.807, 2.05) is 42.6 Å². The SMILES string of the molecule is O=C1CCC(N2Cc3cc(O[C@H]4CCN(Cc5ccnc(-c6ccccc6)c5)C4)ccc3C2=O)C(O)N1. The molecule has 3 aliphatic rings. The first-order valence-electron chi connectivity index (χ1n) is 12.8. The molecule has 2 unspecified atom stereocenters. The minimum atomic E-state index is -1.04. The van der Waals surface area contributed by atoms with Gasteiger partial charge in [-0.2, -0.15) is 0 Å². The summed E-state index contributed by atoms with van der Waals surface area (Å²) >= 11 is 0. The fraction of sp³-hybridized carbons (Fsp3) is 0.345. The summed E-state index contributed by atoms with van der Waals surface area (Å²) in [6.07, 6.45) is 2.62. The lowest BCUT2D eigenvalue weighted by Gasteiger charge is -2.35. The van der Waals surface area contributed by atoms with Crippen LogP contribution in [0.1, 0.15) is 40.7 Å². The number of aromatic nitrogens is 1. The normalized spacial score (nSPS) is 23.7. The number of amides is 2. The average Bonchev–Trinajstić information content (AvgIpc) is 3.48. The van der Waals surface area contributed by atoms with Crippen molar-refractivity contribution < 1.29 is 19.4 Å². The number of carbonyl (C=O) groups excluding carboxylic acids is 2. The number of carbonyl (C=O) groups is 2. The number of fused-ring (bicyclic) bond motifs is 1. The van der Waals surface area contributed by atoms with Gasteiger partial charge in [-0.05, 0) is 54.3 Å². The van der Waals surface area contributed by atoms with E-state index in [1.165, 1.54) is 5.56 Å². The molecule has 0 radical (unpaired) electrons. The van der Waals surface area contributed by atoms with Gasteiger partial charge in [-0.15, -0.1) is 0 Å². The second kappa shape index (κ2) is 9.95. The van der Waals surface area contributed by atoms with Crippen molar-refractivity contribution in [3.8, 4) is 17.0 Å². The lowest BCUT2D eigenvalue weighted by Crippen LogP contribution is -2.55. The van der Waals surface area contributed by atoms with E-state index in [0.717, 1.165) is 48.6 Å². The molecule has 37 heavy (non-hydrogen) atoms. The molecular weight excluding hydrogens is 468 g/mol. The van der Waals surface area contributed by atoms with Crippen molar-refractivity contribution in [3.63, 3.8) is 0 Å². The molecule has 0 aliphatic carbocycles. The number of piperidine rings is 1. The molecular formula is C29H30N4O4. The molecule has 8 nitrogen and oxygen atoms in total. The Bertz CT molecular complexity index is 1310. The number of aliphatic hydroxyl groups is 1. The van der Waals surface area contributed by atoms with Crippen LogP contribution in [0, 0.1) is 0 Å². The van der Waals surface area contributed by atoms with Crippen LogP contribution in [-0.2, 0) is 17.9 Å². The summed E-state index contributed by atoms with van der Waals surface area (Å²) in [7, 11) is 0. The zero-order chi connectivity index (χ0) is 25.4. The maximum atomic E-state index is 13.0. The molecule has 3 atom stereocenters. The van der Waals surface area contributed by atoms with Crippen LogP contribution in [0.3, 0.4) is 0 Å². The summed E-state index contributed by atoms with van der Waals surface area (Å²) in [5.74, 6) is 0.462. The number of ether oxygens (including phenoxy) is 1. The predicted molar refractivity (Wildman–Crippen MR) is 137 cm³/mol. The molecule has 0 spiro atoms. The van der Waals surface area contributed by atoms with Gasteiger partial charge in [0.15, 0.2) is 0 Å². The minimum Gasteiger partial charge on any atom is -0.489 e. The molecule has 2 amide bonds. The maximum absolute atomic E-state index is 13.0. The van der Waals surface area contributed by atoms with Crippen molar-refractivity contribution in [2.75, 3.05) is 13.1 Å². The van der Waals surface area contributed by atoms with Gasteiger partial charge in [0.25, 0.3) is 5.91 Å². The Balaban J connectivity index is 1.07. The van der Waals surface area contributed by atoms with Gasteiger partial charge >= 0.3 is 0 Å². The third kappa shape index (κ3) is 4.95. The average molecular weight is 499 g/mol. The van der Waals surface area contributed by atoms with Gasteiger partial charge in [0.2, 0.25) is 5.91 Å². The highest BCUT2D eigenvalue weighted by Crippen LogP contribution is 2.32. The van der Waals surface area contributed by atoms with E-state index in [1.54, 1.807) is 4.90 Å². The van der Waals surface area contributed by atoms with E-state index in [9.17, 15) is 14.7 Å². The Morgan fingerprint density at radius 1 is 1.05 bits per heavy atom. The molecule has 4 heterocycles. The van der Waals surface area contributed by atoms with Crippen molar-refractivity contribution in [1.82, 2.24) is 20.1 Å². The molecule has 2 saturated heterocycles. The van der Waals surface area contributed by atoms with Gasteiger partial charge in [-0.25, -0.2) is 0 Å². The maximum Gasteiger partial charge on any atom is 0.254 e. The van der Waals surface area contributed by atoms with Gasteiger partial charge in [0.05, 0.1) is 11.7 Å². The predicted octanol–water partition coefficient (Wildman–Crippen LogP) is 2.95. The van der Waals surface area contributed by atoms with Gasteiger partial charge in [-0.1, -0.05) is 30.3 Å². The Labute approximate surface area is 215 Å². The molecule has 2 aromatic carbocycles.